The van der Waals surface area contributed by atoms with Gasteiger partial charge in [0.25, 0.3) is 0 Å². The predicted octanol–water partition coefficient (Wildman–Crippen LogP) is 2.54. The zero-order valence-corrected chi connectivity index (χ0v) is 12.3. The summed E-state index contributed by atoms with van der Waals surface area (Å²) >= 11 is 0. The van der Waals surface area contributed by atoms with Gasteiger partial charge in [0.1, 0.15) is 11.4 Å². The molecule has 0 saturated carbocycles. The third-order valence-electron chi connectivity index (χ3n) is 3.37. The number of carbonyl (C=O) groups is 1. The fraction of sp³-hybridized carbons (Fsp3) is 0.571. The van der Waals surface area contributed by atoms with Crippen molar-refractivity contribution in [2.45, 2.75) is 27.7 Å². The number of ether oxygens (including phenoxy) is 1. The molecule has 19 heavy (non-hydrogen) atoms. The molecule has 1 aromatic heterocycles. The predicted molar refractivity (Wildman–Crippen MR) is 77.1 cm³/mol. The van der Waals surface area contributed by atoms with Gasteiger partial charge in [-0.3, -0.25) is 0 Å². The molecule has 0 fully saturated rings. The largest absolute Gasteiger partial charge is 0.465 e. The zero-order chi connectivity index (χ0) is 14.6. The van der Waals surface area contributed by atoms with Crippen molar-refractivity contribution >= 4 is 17.5 Å². The van der Waals surface area contributed by atoms with Crippen molar-refractivity contribution < 1.29 is 9.53 Å². The van der Waals surface area contributed by atoms with Crippen LogP contribution >= 0.6 is 0 Å². The van der Waals surface area contributed by atoms with Crippen molar-refractivity contribution in [3.63, 3.8) is 0 Å². The summed E-state index contributed by atoms with van der Waals surface area (Å²) in [6.45, 7) is 9.41. The molecule has 1 atom stereocenters. The van der Waals surface area contributed by atoms with Crippen LogP contribution in [0.4, 0.5) is 11.5 Å². The number of nitrogens with zero attached hydrogens (tertiary/aromatic N) is 1. The molecular weight excluding hydrogens is 242 g/mol. The number of nitrogens with two attached hydrogens (primary N) is 1. The standard InChI is InChI=1S/C14H23N3O2/c1-9(14(2,3)4)7-16-12-11(13(18)19-5)6-10(15)8-17-12/h6,8-9H,7,15H2,1-5H3,(H,16,17). The van der Waals surface area contributed by atoms with Gasteiger partial charge in [-0.1, -0.05) is 27.7 Å². The van der Waals surface area contributed by atoms with E-state index in [1.54, 1.807) is 6.07 Å². The van der Waals surface area contributed by atoms with Crippen molar-refractivity contribution in [3.8, 4) is 0 Å². The third-order valence-corrected chi connectivity index (χ3v) is 3.37. The Morgan fingerprint density at radius 1 is 1.53 bits per heavy atom. The Bertz CT molecular complexity index is 452. The summed E-state index contributed by atoms with van der Waals surface area (Å²) in [7, 11) is 1.34. The second-order valence-corrected chi connectivity index (χ2v) is 5.80. The fourth-order valence-corrected chi connectivity index (χ4v) is 1.44. The van der Waals surface area contributed by atoms with E-state index in [0.29, 0.717) is 23.0 Å². The van der Waals surface area contributed by atoms with E-state index in [0.717, 1.165) is 6.54 Å². The third kappa shape index (κ3) is 4.12. The number of aromatic nitrogens is 1. The summed E-state index contributed by atoms with van der Waals surface area (Å²) in [6.07, 6.45) is 1.52. The highest BCUT2D eigenvalue weighted by atomic mass is 16.5. The zero-order valence-electron chi connectivity index (χ0n) is 12.3. The highest BCUT2D eigenvalue weighted by Crippen LogP contribution is 2.26. The van der Waals surface area contributed by atoms with Gasteiger partial charge in [0.2, 0.25) is 0 Å². The van der Waals surface area contributed by atoms with Crippen molar-refractivity contribution in [1.82, 2.24) is 4.98 Å². The first-order valence-corrected chi connectivity index (χ1v) is 6.33. The molecule has 0 saturated heterocycles. The highest BCUT2D eigenvalue weighted by Gasteiger charge is 2.21. The highest BCUT2D eigenvalue weighted by molar-refractivity contribution is 5.95. The quantitative estimate of drug-likeness (QED) is 0.818. The number of esters is 1. The van der Waals surface area contributed by atoms with Gasteiger partial charge in [-0.15, -0.1) is 0 Å². The number of nitrogen functional groups attached to an aromatic ring is 1. The van der Waals surface area contributed by atoms with Gasteiger partial charge in [0.15, 0.2) is 0 Å². The van der Waals surface area contributed by atoms with Gasteiger partial charge in [-0.2, -0.15) is 0 Å². The first kappa shape index (κ1) is 15.3. The van der Waals surface area contributed by atoms with Crippen molar-refractivity contribution in [1.29, 1.82) is 0 Å². The Hall–Kier alpha value is -1.78. The maximum Gasteiger partial charge on any atom is 0.341 e. The van der Waals surface area contributed by atoms with Crippen molar-refractivity contribution in [3.05, 3.63) is 17.8 Å². The average molecular weight is 265 g/mol. The smallest absolute Gasteiger partial charge is 0.341 e. The molecular formula is C14H23N3O2. The molecule has 3 N–H and O–H groups in total. The number of methoxy groups -OCH3 is 1. The van der Waals surface area contributed by atoms with Crippen LogP contribution in [0.15, 0.2) is 12.3 Å². The Labute approximate surface area is 114 Å². The van der Waals surface area contributed by atoms with E-state index in [4.69, 9.17) is 10.5 Å². The molecule has 0 amide bonds. The molecule has 1 rings (SSSR count). The van der Waals surface area contributed by atoms with Gasteiger partial charge >= 0.3 is 5.97 Å². The van der Waals surface area contributed by atoms with E-state index in [-0.39, 0.29) is 5.41 Å². The van der Waals surface area contributed by atoms with E-state index in [1.165, 1.54) is 13.3 Å². The minimum absolute atomic E-state index is 0.187. The minimum atomic E-state index is -0.439. The van der Waals surface area contributed by atoms with Crippen LogP contribution in [0.3, 0.4) is 0 Å². The topological polar surface area (TPSA) is 77.2 Å². The molecule has 1 unspecified atom stereocenters. The molecule has 0 spiro atoms. The van der Waals surface area contributed by atoms with Gasteiger partial charge in [0.05, 0.1) is 19.0 Å². The number of nitrogens with one attached hydrogen (secondary N) is 1. The molecule has 1 heterocycles. The maximum atomic E-state index is 11.7. The molecule has 5 nitrogen and oxygen atoms in total. The Morgan fingerprint density at radius 3 is 2.68 bits per heavy atom. The summed E-state index contributed by atoms with van der Waals surface area (Å²) < 4.78 is 4.73. The van der Waals surface area contributed by atoms with Crippen molar-refractivity contribution in [2.24, 2.45) is 11.3 Å². The molecule has 0 aliphatic carbocycles. The first-order chi connectivity index (χ1) is 8.75. The second kappa shape index (κ2) is 5.91. The van der Waals surface area contributed by atoms with Crippen LogP contribution < -0.4 is 11.1 Å². The molecule has 0 aliphatic rings. The summed E-state index contributed by atoms with van der Waals surface area (Å²) in [5.74, 6) is 0.500. The molecule has 1 aromatic rings. The van der Waals surface area contributed by atoms with Crippen molar-refractivity contribution in [2.75, 3.05) is 24.7 Å². The Kier molecular flexibility index (Phi) is 4.75. The molecule has 106 valence electrons. The second-order valence-electron chi connectivity index (χ2n) is 5.80. The van der Waals surface area contributed by atoms with Gasteiger partial charge in [0, 0.05) is 6.54 Å². The maximum absolute atomic E-state index is 11.7. The summed E-state index contributed by atoms with van der Waals surface area (Å²) in [4.78, 5) is 15.8. The van der Waals surface area contributed by atoms with Crippen LogP contribution in [-0.2, 0) is 4.74 Å². The van der Waals surface area contributed by atoms with E-state index in [9.17, 15) is 4.79 Å². The number of pyridine rings is 1. The number of rotatable bonds is 4. The van der Waals surface area contributed by atoms with Gasteiger partial charge < -0.3 is 15.8 Å². The van der Waals surface area contributed by atoms with Gasteiger partial charge in [-0.05, 0) is 17.4 Å². The molecule has 0 radical (unpaired) electrons. The molecule has 0 aliphatic heterocycles. The van der Waals surface area contributed by atoms with Gasteiger partial charge in [-0.25, -0.2) is 9.78 Å². The molecule has 5 heteroatoms. The van der Waals surface area contributed by atoms with Crippen LogP contribution in [0.1, 0.15) is 38.1 Å². The number of carbonyl (C=O) groups excluding carboxylic acids is 1. The monoisotopic (exact) mass is 265 g/mol. The lowest BCUT2D eigenvalue weighted by molar-refractivity contribution is 0.0601. The fourth-order valence-electron chi connectivity index (χ4n) is 1.44. The van der Waals surface area contributed by atoms with Crippen LogP contribution in [0.25, 0.3) is 0 Å². The first-order valence-electron chi connectivity index (χ1n) is 6.33. The summed E-state index contributed by atoms with van der Waals surface area (Å²) in [6, 6.07) is 1.57. The van der Waals surface area contributed by atoms with Crippen LogP contribution in [0, 0.1) is 11.3 Å². The SMILES string of the molecule is COC(=O)c1cc(N)cnc1NCC(C)C(C)(C)C. The number of hydrogen-bond donors (Lipinski definition) is 2. The normalized spacial score (nSPS) is 12.9. The van der Waals surface area contributed by atoms with Crippen LogP contribution in [-0.4, -0.2) is 24.6 Å². The molecule has 0 aromatic carbocycles. The lowest BCUT2D eigenvalue weighted by atomic mass is 9.82. The lowest BCUT2D eigenvalue weighted by Crippen LogP contribution is -2.25. The number of hydrogen-bond acceptors (Lipinski definition) is 5. The Balaban J connectivity index is 2.87. The van der Waals surface area contributed by atoms with Crippen LogP contribution in [0.5, 0.6) is 0 Å². The average Bonchev–Trinajstić information content (AvgIpc) is 2.34. The Morgan fingerprint density at radius 2 is 2.16 bits per heavy atom. The number of anilines is 2. The van der Waals surface area contributed by atoms with E-state index < -0.39 is 5.97 Å². The van der Waals surface area contributed by atoms with E-state index in [2.05, 4.69) is 38.0 Å². The summed E-state index contributed by atoms with van der Waals surface area (Å²) in [5, 5.41) is 3.19. The summed E-state index contributed by atoms with van der Waals surface area (Å²) in [5.41, 5.74) is 6.64. The van der Waals surface area contributed by atoms with E-state index in [1.807, 2.05) is 0 Å². The molecule has 0 bridgehead atoms. The van der Waals surface area contributed by atoms with Crippen LogP contribution in [0.2, 0.25) is 0 Å². The van der Waals surface area contributed by atoms with E-state index >= 15 is 0 Å². The lowest BCUT2D eigenvalue weighted by Gasteiger charge is -2.27. The minimum Gasteiger partial charge on any atom is -0.465 e.